The zero-order valence-electron chi connectivity index (χ0n) is 7.55. The third-order valence-electron chi connectivity index (χ3n) is 2.17. The maximum atomic E-state index is 4.95. The molecule has 2 aromatic rings. The number of hydrogen-bond acceptors (Lipinski definition) is 2. The van der Waals surface area contributed by atoms with Crippen LogP contribution in [-0.4, -0.2) is 0 Å². The quantitative estimate of drug-likeness (QED) is 0.603. The molecule has 0 spiro atoms. The lowest BCUT2D eigenvalue weighted by molar-refractivity contribution is 0.0572. The van der Waals surface area contributed by atoms with E-state index in [-0.39, 0.29) is 0 Å². The molecule has 2 rings (SSSR count). The Hall–Kier alpha value is -1.18. The standard InChI is InChI=1S/C10H12O2/c1-6(2)8-5-4-7(3)9-10(8)12-11-9/h4-6H,1-3H3. The molecular formula is C10H12O2. The van der Waals surface area contributed by atoms with E-state index in [9.17, 15) is 0 Å². The second-order valence-corrected chi connectivity index (χ2v) is 3.45. The summed E-state index contributed by atoms with van der Waals surface area (Å²) in [5.41, 5.74) is 4.19. The predicted molar refractivity (Wildman–Crippen MR) is 47.3 cm³/mol. The number of aryl methyl sites for hydroxylation is 1. The van der Waals surface area contributed by atoms with E-state index in [4.69, 9.17) is 9.15 Å². The average Bonchev–Trinajstić information content (AvgIpc) is 1.92. The number of benzene rings is 1. The Balaban J connectivity index is 2.66. The van der Waals surface area contributed by atoms with E-state index in [1.165, 1.54) is 5.56 Å². The summed E-state index contributed by atoms with van der Waals surface area (Å²) < 4.78 is 9.85. The number of rotatable bonds is 1. The average molecular weight is 164 g/mol. The van der Waals surface area contributed by atoms with Crippen LogP contribution < -0.4 is 0 Å². The third kappa shape index (κ3) is 0.876. The van der Waals surface area contributed by atoms with Gasteiger partial charge in [-0.15, -0.1) is 0 Å². The molecule has 0 amide bonds. The van der Waals surface area contributed by atoms with Crippen molar-refractivity contribution >= 4 is 11.2 Å². The molecule has 2 nitrogen and oxygen atoms in total. The van der Waals surface area contributed by atoms with Gasteiger partial charge in [0.1, 0.15) is 0 Å². The van der Waals surface area contributed by atoms with Crippen molar-refractivity contribution in [3.05, 3.63) is 23.3 Å². The van der Waals surface area contributed by atoms with Gasteiger partial charge in [-0.3, -0.25) is 9.15 Å². The van der Waals surface area contributed by atoms with E-state index in [1.54, 1.807) is 0 Å². The van der Waals surface area contributed by atoms with Crippen molar-refractivity contribution in [1.29, 1.82) is 0 Å². The summed E-state index contributed by atoms with van der Waals surface area (Å²) in [7, 11) is 0. The predicted octanol–water partition coefficient (Wildman–Crippen LogP) is 3.46. The molecule has 2 heteroatoms. The largest absolute Gasteiger partial charge is 0.285 e. The topological polar surface area (TPSA) is 26.3 Å². The summed E-state index contributed by atoms with van der Waals surface area (Å²) in [6, 6.07) is 4.16. The van der Waals surface area contributed by atoms with Crippen molar-refractivity contribution < 1.29 is 9.15 Å². The lowest BCUT2D eigenvalue weighted by Crippen LogP contribution is -1.92. The molecule has 64 valence electrons. The summed E-state index contributed by atoms with van der Waals surface area (Å²) in [5.74, 6) is 0.489. The highest BCUT2D eigenvalue weighted by Crippen LogP contribution is 2.30. The van der Waals surface area contributed by atoms with Gasteiger partial charge >= 0.3 is 0 Å². The van der Waals surface area contributed by atoms with Gasteiger partial charge in [0.05, 0.1) is 0 Å². The summed E-state index contributed by atoms with van der Waals surface area (Å²) in [6.45, 7) is 6.31. The van der Waals surface area contributed by atoms with Crippen molar-refractivity contribution in [1.82, 2.24) is 0 Å². The molecule has 0 saturated carbocycles. The Morgan fingerprint density at radius 1 is 1.08 bits per heavy atom. The van der Waals surface area contributed by atoms with Crippen LogP contribution in [-0.2, 0) is 0 Å². The Morgan fingerprint density at radius 2 is 1.75 bits per heavy atom. The van der Waals surface area contributed by atoms with Gasteiger partial charge in [0.15, 0.2) is 0 Å². The van der Waals surface area contributed by atoms with Crippen molar-refractivity contribution in [2.24, 2.45) is 0 Å². The van der Waals surface area contributed by atoms with Crippen molar-refractivity contribution in [2.75, 3.05) is 0 Å². The Labute approximate surface area is 71.1 Å². The van der Waals surface area contributed by atoms with Crippen LogP contribution >= 0.6 is 0 Å². The van der Waals surface area contributed by atoms with Crippen LogP contribution in [0.1, 0.15) is 30.9 Å². The molecule has 1 aromatic carbocycles. The maximum absolute atomic E-state index is 4.95. The summed E-state index contributed by atoms with van der Waals surface area (Å²) in [6.07, 6.45) is 0. The van der Waals surface area contributed by atoms with Gasteiger partial charge in [0.25, 0.3) is 0 Å². The normalized spacial score (nSPS) is 11.7. The molecule has 0 aliphatic rings. The van der Waals surface area contributed by atoms with Gasteiger partial charge in [0.2, 0.25) is 11.2 Å². The first-order valence-corrected chi connectivity index (χ1v) is 4.18. The Morgan fingerprint density at radius 3 is 2.25 bits per heavy atom. The zero-order valence-corrected chi connectivity index (χ0v) is 7.55. The number of fused-ring (bicyclic) bond motifs is 1. The fourth-order valence-corrected chi connectivity index (χ4v) is 1.37. The fourth-order valence-electron chi connectivity index (χ4n) is 1.37. The maximum Gasteiger partial charge on any atom is 0.229 e. The highest BCUT2D eigenvalue weighted by atomic mass is 17.0. The van der Waals surface area contributed by atoms with Gasteiger partial charge in [-0.1, -0.05) is 26.0 Å². The molecule has 0 N–H and O–H groups in total. The SMILES string of the molecule is Cc1ccc(C(C)C)c2ooc12. The van der Waals surface area contributed by atoms with Crippen LogP contribution in [0.15, 0.2) is 21.3 Å². The minimum absolute atomic E-state index is 0.489. The molecule has 0 saturated heterocycles. The van der Waals surface area contributed by atoms with Crippen LogP contribution in [0.5, 0.6) is 0 Å². The highest BCUT2D eigenvalue weighted by Gasteiger charge is 2.14. The summed E-state index contributed by atoms with van der Waals surface area (Å²) in [4.78, 5) is 0. The van der Waals surface area contributed by atoms with E-state index in [0.717, 1.165) is 16.7 Å². The van der Waals surface area contributed by atoms with E-state index in [0.29, 0.717) is 5.92 Å². The van der Waals surface area contributed by atoms with E-state index in [1.807, 2.05) is 6.92 Å². The van der Waals surface area contributed by atoms with Crippen molar-refractivity contribution in [2.45, 2.75) is 26.7 Å². The number of hydrogen-bond donors (Lipinski definition) is 0. The van der Waals surface area contributed by atoms with Gasteiger partial charge in [0, 0.05) is 11.1 Å². The first-order valence-electron chi connectivity index (χ1n) is 4.18. The smallest absolute Gasteiger partial charge is 0.229 e. The molecule has 0 unspecified atom stereocenters. The van der Waals surface area contributed by atoms with E-state index >= 15 is 0 Å². The van der Waals surface area contributed by atoms with Gasteiger partial charge in [-0.2, -0.15) is 0 Å². The third-order valence-corrected chi connectivity index (χ3v) is 2.17. The molecule has 0 fully saturated rings. The minimum Gasteiger partial charge on any atom is -0.285 e. The zero-order chi connectivity index (χ0) is 8.72. The lowest BCUT2D eigenvalue weighted by Gasteiger charge is -2.09. The van der Waals surface area contributed by atoms with Gasteiger partial charge in [-0.25, -0.2) is 0 Å². The van der Waals surface area contributed by atoms with E-state index < -0.39 is 0 Å². The fraction of sp³-hybridized carbons (Fsp3) is 0.400. The van der Waals surface area contributed by atoms with E-state index in [2.05, 4.69) is 26.0 Å². The minimum atomic E-state index is 0.489. The Kier molecular flexibility index (Phi) is 1.50. The monoisotopic (exact) mass is 164 g/mol. The summed E-state index contributed by atoms with van der Waals surface area (Å²) >= 11 is 0. The van der Waals surface area contributed by atoms with Crippen molar-refractivity contribution in [3.63, 3.8) is 0 Å². The molecule has 0 aliphatic carbocycles. The molecule has 0 radical (unpaired) electrons. The molecule has 1 heterocycles. The van der Waals surface area contributed by atoms with Crippen LogP contribution in [0, 0.1) is 6.92 Å². The summed E-state index contributed by atoms with van der Waals surface area (Å²) in [5, 5.41) is 0. The van der Waals surface area contributed by atoms with Gasteiger partial charge < -0.3 is 0 Å². The van der Waals surface area contributed by atoms with Crippen LogP contribution in [0.4, 0.5) is 0 Å². The molecule has 0 aliphatic heterocycles. The molecular weight excluding hydrogens is 152 g/mol. The second kappa shape index (κ2) is 2.41. The van der Waals surface area contributed by atoms with Crippen LogP contribution in [0.2, 0.25) is 0 Å². The first-order chi connectivity index (χ1) is 5.70. The lowest BCUT2D eigenvalue weighted by atomic mass is 10.0. The molecule has 1 aromatic heterocycles. The van der Waals surface area contributed by atoms with Crippen LogP contribution in [0.25, 0.3) is 11.2 Å². The van der Waals surface area contributed by atoms with Crippen molar-refractivity contribution in [3.8, 4) is 0 Å². The molecule has 0 bridgehead atoms. The second-order valence-electron chi connectivity index (χ2n) is 3.45. The highest BCUT2D eigenvalue weighted by molar-refractivity contribution is 5.78. The molecule has 12 heavy (non-hydrogen) atoms. The van der Waals surface area contributed by atoms with Crippen LogP contribution in [0.3, 0.4) is 0 Å². The van der Waals surface area contributed by atoms with Gasteiger partial charge in [-0.05, 0) is 12.8 Å². The Bertz CT molecular complexity index is 393. The first kappa shape index (κ1) is 7.47. The molecule has 0 atom stereocenters.